The van der Waals surface area contributed by atoms with Crippen molar-refractivity contribution >= 4 is 33.9 Å². The topological polar surface area (TPSA) is 199 Å². The van der Waals surface area contributed by atoms with Crippen molar-refractivity contribution in [3.8, 4) is 0 Å². The lowest BCUT2D eigenvalue weighted by Crippen LogP contribution is -2.57. The number of benzene rings is 2. The van der Waals surface area contributed by atoms with Gasteiger partial charge < -0.3 is 10.8 Å². The van der Waals surface area contributed by atoms with Crippen molar-refractivity contribution in [2.75, 3.05) is 13.2 Å². The second-order valence-corrected chi connectivity index (χ2v) is 13.6. The van der Waals surface area contributed by atoms with E-state index in [1.54, 1.807) is 37.5 Å². The standard InChI is InChI=1S/C25H40N4O5.C7H8O3S/c1-17(2)14-21(20(23(32)28-34)13-9-12-19-10-7-6-8-11-19)22(31)27-29(24(33)18(3)26)15-25(4,5)16-30;1-6-2-4-7(5-3-6)11(8,9)10/h6-12,17-18,20-21,30,34H,13-16,26H2,1-5H3,(H,27,31)(H,28,32);2-5H,1H3,(H,8,9,10)/t18-,20+,21-;/m1./s1. The summed E-state index contributed by atoms with van der Waals surface area (Å²) >= 11 is 0. The SMILES string of the molecule is CC(C)C[C@@H](C(=O)NN(CC(C)(C)CO)C(=O)[C@@H](C)N)[C@H](CC=Cc1ccccc1)C(=O)NO.Cc1ccc(S(=O)(=O)O)cc1. The summed E-state index contributed by atoms with van der Waals surface area (Å²) < 4.78 is 29.6. The van der Waals surface area contributed by atoms with Gasteiger partial charge in [-0.05, 0) is 50.3 Å². The summed E-state index contributed by atoms with van der Waals surface area (Å²) in [4.78, 5) is 38.6. The summed E-state index contributed by atoms with van der Waals surface area (Å²) in [5, 5.41) is 20.1. The maximum absolute atomic E-state index is 13.4. The molecule has 45 heavy (non-hydrogen) atoms. The molecule has 0 saturated heterocycles. The summed E-state index contributed by atoms with van der Waals surface area (Å²) in [6.07, 6.45) is 4.19. The fourth-order valence-electron chi connectivity index (χ4n) is 4.24. The average Bonchev–Trinajstić information content (AvgIpc) is 2.97. The number of aryl methyl sites for hydroxylation is 1. The van der Waals surface area contributed by atoms with Crippen LogP contribution in [0.2, 0.25) is 0 Å². The zero-order valence-electron chi connectivity index (χ0n) is 26.8. The van der Waals surface area contributed by atoms with Crippen molar-refractivity contribution in [2.45, 2.75) is 65.3 Å². The van der Waals surface area contributed by atoms with Crippen molar-refractivity contribution in [1.29, 1.82) is 0 Å². The molecule has 12 nitrogen and oxygen atoms in total. The van der Waals surface area contributed by atoms with Crippen LogP contribution in [0, 0.1) is 30.1 Å². The molecule has 2 aromatic rings. The highest BCUT2D eigenvalue weighted by atomic mass is 32.2. The Hall–Kier alpha value is -3.62. The van der Waals surface area contributed by atoms with Crippen molar-refractivity contribution in [1.82, 2.24) is 15.9 Å². The molecule has 0 aliphatic carbocycles. The van der Waals surface area contributed by atoms with Gasteiger partial charge in [0.05, 0.1) is 22.8 Å². The van der Waals surface area contributed by atoms with Gasteiger partial charge in [-0.2, -0.15) is 8.42 Å². The predicted octanol–water partition coefficient (Wildman–Crippen LogP) is 3.34. The Morgan fingerprint density at radius 2 is 1.56 bits per heavy atom. The number of nitrogens with zero attached hydrogens (tertiary/aromatic N) is 1. The number of allylic oxidation sites excluding steroid dienone is 1. The highest BCUT2D eigenvalue weighted by Crippen LogP contribution is 2.26. The third-order valence-corrected chi connectivity index (χ3v) is 7.60. The highest BCUT2D eigenvalue weighted by Gasteiger charge is 2.36. The first-order valence-corrected chi connectivity index (χ1v) is 16.0. The number of nitrogens with one attached hydrogen (secondary N) is 2. The first-order chi connectivity index (χ1) is 20.9. The fraction of sp³-hybridized carbons (Fsp3) is 0.469. The van der Waals surface area contributed by atoms with Crippen molar-refractivity contribution in [3.63, 3.8) is 0 Å². The van der Waals surface area contributed by atoms with Crippen LogP contribution in [0.4, 0.5) is 0 Å². The van der Waals surface area contributed by atoms with Crippen LogP contribution >= 0.6 is 0 Å². The van der Waals surface area contributed by atoms with E-state index in [4.69, 9.17) is 10.3 Å². The highest BCUT2D eigenvalue weighted by molar-refractivity contribution is 7.85. The molecule has 0 aliphatic heterocycles. The van der Waals surface area contributed by atoms with Crippen LogP contribution in [0.1, 0.15) is 58.6 Å². The quantitative estimate of drug-likeness (QED) is 0.107. The van der Waals surface area contributed by atoms with E-state index < -0.39 is 51.1 Å². The fourth-order valence-corrected chi connectivity index (χ4v) is 4.72. The van der Waals surface area contributed by atoms with E-state index in [1.807, 2.05) is 57.2 Å². The summed E-state index contributed by atoms with van der Waals surface area (Å²) in [6, 6.07) is 14.6. The Labute approximate surface area is 266 Å². The molecular formula is C32H48N4O8S. The van der Waals surface area contributed by atoms with Gasteiger partial charge in [0.2, 0.25) is 11.8 Å². The number of aliphatic hydroxyl groups is 1. The number of hydrogen-bond acceptors (Lipinski definition) is 8. The number of hydroxylamine groups is 1. The van der Waals surface area contributed by atoms with E-state index in [-0.39, 0.29) is 30.4 Å². The molecule has 250 valence electrons. The van der Waals surface area contributed by atoms with Crippen LogP contribution in [-0.2, 0) is 24.5 Å². The molecule has 13 heteroatoms. The van der Waals surface area contributed by atoms with E-state index >= 15 is 0 Å². The lowest BCUT2D eigenvalue weighted by molar-refractivity contribution is -0.149. The minimum Gasteiger partial charge on any atom is -0.396 e. The number of nitrogens with two attached hydrogens (primary N) is 1. The van der Waals surface area contributed by atoms with E-state index in [2.05, 4.69) is 5.43 Å². The van der Waals surface area contributed by atoms with Gasteiger partial charge >= 0.3 is 0 Å². The Morgan fingerprint density at radius 1 is 0.978 bits per heavy atom. The molecule has 2 aromatic carbocycles. The molecule has 0 bridgehead atoms. The number of aliphatic hydroxyl groups excluding tert-OH is 1. The van der Waals surface area contributed by atoms with Gasteiger partial charge in [-0.15, -0.1) is 0 Å². The van der Waals surface area contributed by atoms with Crippen LogP contribution in [0.3, 0.4) is 0 Å². The van der Waals surface area contributed by atoms with Crippen molar-refractivity contribution in [2.24, 2.45) is 28.9 Å². The zero-order valence-corrected chi connectivity index (χ0v) is 27.6. The third kappa shape index (κ3) is 14.4. The largest absolute Gasteiger partial charge is 0.396 e. The molecule has 0 spiro atoms. The lowest BCUT2D eigenvalue weighted by Gasteiger charge is -2.34. The third-order valence-electron chi connectivity index (χ3n) is 6.73. The van der Waals surface area contributed by atoms with Gasteiger partial charge in [0.15, 0.2) is 0 Å². The van der Waals surface area contributed by atoms with Gasteiger partial charge in [0.1, 0.15) is 0 Å². The van der Waals surface area contributed by atoms with Crippen molar-refractivity contribution < 1.29 is 37.7 Å². The Morgan fingerprint density at radius 3 is 2.02 bits per heavy atom. The van der Waals surface area contributed by atoms with Gasteiger partial charge in [0, 0.05) is 18.6 Å². The summed E-state index contributed by atoms with van der Waals surface area (Å²) in [5.41, 5.74) is 11.3. The van der Waals surface area contributed by atoms with Gasteiger partial charge in [0.25, 0.3) is 16.0 Å². The monoisotopic (exact) mass is 648 g/mol. The van der Waals surface area contributed by atoms with Crippen LogP contribution in [-0.4, -0.2) is 65.2 Å². The maximum atomic E-state index is 13.4. The molecule has 3 amide bonds. The number of carbonyl (C=O) groups is 3. The molecule has 0 saturated carbocycles. The smallest absolute Gasteiger partial charge is 0.294 e. The van der Waals surface area contributed by atoms with Crippen LogP contribution in [0.15, 0.2) is 65.6 Å². The van der Waals surface area contributed by atoms with E-state index in [9.17, 15) is 33.1 Å². The van der Waals surface area contributed by atoms with Gasteiger partial charge in [-0.25, -0.2) is 5.48 Å². The molecule has 0 radical (unpaired) electrons. The minimum atomic E-state index is -4.02. The first-order valence-electron chi connectivity index (χ1n) is 14.6. The van der Waals surface area contributed by atoms with E-state index in [1.165, 1.54) is 19.1 Å². The van der Waals surface area contributed by atoms with Crippen LogP contribution < -0.4 is 16.6 Å². The molecule has 0 aliphatic rings. The average molecular weight is 649 g/mol. The molecule has 0 aromatic heterocycles. The van der Waals surface area contributed by atoms with Crippen LogP contribution in [0.25, 0.3) is 6.08 Å². The summed E-state index contributed by atoms with van der Waals surface area (Å²) in [5.74, 6) is -3.35. The summed E-state index contributed by atoms with van der Waals surface area (Å²) in [7, 11) is -4.02. The van der Waals surface area contributed by atoms with E-state index in [0.717, 1.165) is 16.1 Å². The minimum absolute atomic E-state index is 0.0365. The molecular weight excluding hydrogens is 600 g/mol. The predicted molar refractivity (Wildman–Crippen MR) is 172 cm³/mol. The molecule has 0 fully saturated rings. The molecule has 2 rings (SSSR count). The second kappa shape index (κ2) is 18.4. The maximum Gasteiger partial charge on any atom is 0.294 e. The lowest BCUT2D eigenvalue weighted by atomic mass is 9.82. The molecule has 0 heterocycles. The number of rotatable bonds is 13. The second-order valence-electron chi connectivity index (χ2n) is 12.2. The van der Waals surface area contributed by atoms with Gasteiger partial charge in [-0.3, -0.25) is 34.6 Å². The Kier molecular flexibility index (Phi) is 16.1. The van der Waals surface area contributed by atoms with Crippen molar-refractivity contribution in [3.05, 3.63) is 71.8 Å². The van der Waals surface area contributed by atoms with Crippen LogP contribution in [0.5, 0.6) is 0 Å². The molecule has 3 atom stereocenters. The Balaban J connectivity index is 0.000000768. The number of amides is 3. The number of hydrazine groups is 1. The summed E-state index contributed by atoms with van der Waals surface area (Å²) in [6.45, 7) is 10.5. The number of hydrogen-bond donors (Lipinski definition) is 6. The Bertz CT molecular complexity index is 1360. The molecule has 7 N–H and O–H groups in total. The first kappa shape index (κ1) is 39.4. The molecule has 0 unspecified atom stereocenters. The van der Waals surface area contributed by atoms with E-state index in [0.29, 0.717) is 6.42 Å². The number of carbonyl (C=O) groups excluding carboxylic acids is 3. The normalized spacial score (nSPS) is 13.8. The van der Waals surface area contributed by atoms with Gasteiger partial charge in [-0.1, -0.05) is 87.9 Å². The zero-order chi connectivity index (χ0) is 34.4.